The van der Waals surface area contributed by atoms with Crippen LogP contribution in [0.2, 0.25) is 5.82 Å². The van der Waals surface area contributed by atoms with E-state index in [-0.39, 0.29) is 5.78 Å². The number of benzene rings is 2. The van der Waals surface area contributed by atoms with E-state index in [1.54, 1.807) is 6.08 Å². The molecular weight excluding hydrogens is 287 g/mol. The first kappa shape index (κ1) is 12.8. The Balaban J connectivity index is 2.20. The molecule has 1 nitrogen and oxygen atoms in total. The summed E-state index contributed by atoms with van der Waals surface area (Å²) in [4.78, 5) is 12.1. The van der Waals surface area contributed by atoms with Gasteiger partial charge in [-0.1, -0.05) is 0 Å². The van der Waals surface area contributed by atoms with Crippen molar-refractivity contribution in [2.45, 2.75) is 5.82 Å². The van der Waals surface area contributed by atoms with Crippen molar-refractivity contribution in [3.05, 3.63) is 71.8 Å². The van der Waals surface area contributed by atoms with Gasteiger partial charge in [0, 0.05) is 0 Å². The first-order valence-corrected chi connectivity index (χ1v) is 8.28. The molecule has 0 atom stereocenters. The summed E-state index contributed by atoms with van der Waals surface area (Å²) >= 11 is 0.340. The molecule has 0 unspecified atom stereocenters. The third kappa shape index (κ3) is 3.19. The monoisotopic (exact) mass is 302 g/mol. The molecule has 0 fully saturated rings. The molecular formula is C16H14OSe. The minimum absolute atomic E-state index is 0.0816. The Morgan fingerprint density at radius 2 is 1.67 bits per heavy atom. The Morgan fingerprint density at radius 3 is 2.39 bits per heavy atom. The molecule has 2 heteroatoms. The zero-order chi connectivity index (χ0) is 12.8. The van der Waals surface area contributed by atoms with E-state index in [4.69, 9.17) is 0 Å². The van der Waals surface area contributed by atoms with Crippen LogP contribution in [0.25, 0.3) is 6.08 Å². The van der Waals surface area contributed by atoms with Crippen molar-refractivity contribution in [2.24, 2.45) is 0 Å². The fraction of sp³-hybridized carbons (Fsp3) is 0.0625. The number of carbonyl (C=O) groups excluding carboxylic acids is 1. The Morgan fingerprint density at radius 1 is 1.00 bits per heavy atom. The minimum atomic E-state index is 0.0816. The summed E-state index contributed by atoms with van der Waals surface area (Å²) in [5.41, 5.74) is 1.87. The number of ketones is 1. The molecule has 2 aromatic rings. The number of rotatable bonds is 4. The van der Waals surface area contributed by atoms with E-state index in [1.165, 1.54) is 0 Å². The fourth-order valence-electron chi connectivity index (χ4n) is 1.67. The van der Waals surface area contributed by atoms with Crippen LogP contribution in [-0.4, -0.2) is 20.7 Å². The van der Waals surface area contributed by atoms with E-state index >= 15 is 0 Å². The maximum atomic E-state index is 12.1. The third-order valence-corrected chi connectivity index (χ3v) is 4.27. The van der Waals surface area contributed by atoms with Crippen molar-refractivity contribution in [2.75, 3.05) is 0 Å². The van der Waals surface area contributed by atoms with Gasteiger partial charge in [-0.2, -0.15) is 0 Å². The van der Waals surface area contributed by atoms with Crippen LogP contribution in [0.4, 0.5) is 0 Å². The van der Waals surface area contributed by atoms with Gasteiger partial charge in [-0.15, -0.1) is 0 Å². The van der Waals surface area contributed by atoms with Gasteiger partial charge in [0.2, 0.25) is 0 Å². The van der Waals surface area contributed by atoms with Gasteiger partial charge in [0.1, 0.15) is 0 Å². The summed E-state index contributed by atoms with van der Waals surface area (Å²) in [6.45, 7) is 0. The van der Waals surface area contributed by atoms with Crippen LogP contribution in [0.5, 0.6) is 0 Å². The van der Waals surface area contributed by atoms with Crippen molar-refractivity contribution >= 4 is 31.3 Å². The van der Waals surface area contributed by atoms with Crippen molar-refractivity contribution in [3.63, 3.8) is 0 Å². The average molecular weight is 301 g/mol. The molecule has 2 rings (SSSR count). The molecule has 0 saturated carbocycles. The standard InChI is InChI=1S/C16H14OSe/c1-18-16-10-6-5-9-14(16)15(17)12-11-13-7-3-2-4-8-13/h2-12H,1H3/b12-11+. The van der Waals surface area contributed by atoms with Gasteiger partial charge < -0.3 is 0 Å². The maximum absolute atomic E-state index is 12.1. The first-order valence-electron chi connectivity index (χ1n) is 5.72. The van der Waals surface area contributed by atoms with E-state index < -0.39 is 0 Å². The Kier molecular flexibility index (Phi) is 4.52. The second kappa shape index (κ2) is 6.34. The normalized spacial score (nSPS) is 10.7. The second-order valence-corrected chi connectivity index (χ2v) is 5.59. The molecule has 0 heterocycles. The van der Waals surface area contributed by atoms with Gasteiger partial charge in [0.05, 0.1) is 0 Å². The predicted octanol–water partition coefficient (Wildman–Crippen LogP) is 2.96. The zero-order valence-electron chi connectivity index (χ0n) is 10.2. The van der Waals surface area contributed by atoms with Crippen LogP contribution in [0.1, 0.15) is 15.9 Å². The molecule has 0 bridgehead atoms. The van der Waals surface area contributed by atoms with Gasteiger partial charge in [-0.25, -0.2) is 0 Å². The van der Waals surface area contributed by atoms with Crippen LogP contribution in [-0.2, 0) is 0 Å². The van der Waals surface area contributed by atoms with E-state index in [0.717, 1.165) is 15.6 Å². The Bertz CT molecular complexity index is 558. The molecule has 0 aliphatic carbocycles. The van der Waals surface area contributed by atoms with Crippen LogP contribution >= 0.6 is 0 Å². The molecule has 90 valence electrons. The van der Waals surface area contributed by atoms with E-state index in [1.807, 2.05) is 60.7 Å². The number of allylic oxidation sites excluding steroid dienone is 1. The number of carbonyl (C=O) groups is 1. The van der Waals surface area contributed by atoms with Gasteiger partial charge in [-0.05, 0) is 0 Å². The van der Waals surface area contributed by atoms with Crippen molar-refractivity contribution in [1.82, 2.24) is 0 Å². The number of hydrogen-bond donors (Lipinski definition) is 0. The van der Waals surface area contributed by atoms with Gasteiger partial charge in [-0.3, -0.25) is 0 Å². The molecule has 0 spiro atoms. The molecule has 0 radical (unpaired) electrons. The third-order valence-electron chi connectivity index (χ3n) is 2.60. The van der Waals surface area contributed by atoms with Crippen molar-refractivity contribution in [3.8, 4) is 0 Å². The molecule has 0 aromatic heterocycles. The number of hydrogen-bond acceptors (Lipinski definition) is 1. The predicted molar refractivity (Wildman–Crippen MR) is 77.5 cm³/mol. The van der Waals surface area contributed by atoms with Crippen LogP contribution in [0.15, 0.2) is 60.7 Å². The topological polar surface area (TPSA) is 17.1 Å². The molecule has 0 saturated heterocycles. The van der Waals surface area contributed by atoms with E-state index in [0.29, 0.717) is 15.0 Å². The van der Waals surface area contributed by atoms with Crippen LogP contribution < -0.4 is 4.46 Å². The molecule has 0 amide bonds. The Labute approximate surface area is 114 Å². The van der Waals surface area contributed by atoms with Gasteiger partial charge >= 0.3 is 114 Å². The second-order valence-electron chi connectivity index (χ2n) is 3.81. The zero-order valence-corrected chi connectivity index (χ0v) is 11.9. The summed E-state index contributed by atoms with van der Waals surface area (Å²) in [5, 5.41) is 0. The SMILES string of the molecule is C[Se]c1ccccc1C(=O)/C=C/c1ccccc1. The Hall–Kier alpha value is -1.63. The summed E-state index contributed by atoms with van der Waals surface area (Å²) in [6, 6.07) is 17.7. The molecule has 2 aromatic carbocycles. The van der Waals surface area contributed by atoms with Crippen LogP contribution in [0, 0.1) is 0 Å². The van der Waals surface area contributed by atoms with E-state index in [2.05, 4.69) is 5.82 Å². The van der Waals surface area contributed by atoms with Crippen LogP contribution in [0.3, 0.4) is 0 Å². The van der Waals surface area contributed by atoms with Gasteiger partial charge in [0.15, 0.2) is 0 Å². The summed E-state index contributed by atoms with van der Waals surface area (Å²) in [7, 11) is 0. The van der Waals surface area contributed by atoms with Crippen molar-refractivity contribution in [1.29, 1.82) is 0 Å². The van der Waals surface area contributed by atoms with Crippen molar-refractivity contribution < 1.29 is 4.79 Å². The molecule has 18 heavy (non-hydrogen) atoms. The molecule has 0 aliphatic heterocycles. The average Bonchev–Trinajstić information content (AvgIpc) is 2.45. The first-order chi connectivity index (χ1) is 8.81. The van der Waals surface area contributed by atoms with E-state index in [9.17, 15) is 4.79 Å². The quantitative estimate of drug-likeness (QED) is 0.482. The fourth-order valence-corrected chi connectivity index (χ4v) is 2.94. The summed E-state index contributed by atoms with van der Waals surface area (Å²) in [5.74, 6) is 2.21. The summed E-state index contributed by atoms with van der Waals surface area (Å²) in [6.07, 6.45) is 3.52. The molecule has 0 aliphatic rings. The molecule has 0 N–H and O–H groups in total. The summed E-state index contributed by atoms with van der Waals surface area (Å²) < 4.78 is 1.16. The van der Waals surface area contributed by atoms with Gasteiger partial charge in [0.25, 0.3) is 0 Å².